The number of H-pyrrole nitrogens is 1. The summed E-state index contributed by atoms with van der Waals surface area (Å²) in [5, 5.41) is 4.21. The Kier molecular flexibility index (Phi) is 6.39. The molecular formula is C30H26N2O2. The fourth-order valence-corrected chi connectivity index (χ4v) is 4.26. The number of carbonyl (C=O) groups is 1. The van der Waals surface area contributed by atoms with Crippen molar-refractivity contribution in [1.29, 1.82) is 0 Å². The maximum absolute atomic E-state index is 13.1. The van der Waals surface area contributed by atoms with Crippen molar-refractivity contribution in [2.24, 2.45) is 0 Å². The third-order valence-corrected chi connectivity index (χ3v) is 5.96. The number of rotatable bonds is 8. The molecule has 0 saturated heterocycles. The van der Waals surface area contributed by atoms with E-state index in [-0.39, 0.29) is 11.8 Å². The SMILES string of the molecule is O=C(C[C@@H](c1cccc(Oc2ccccc2)c1)c1c[nH]c2ccccc12)NCc1ccccc1. The van der Waals surface area contributed by atoms with Crippen LogP contribution in [-0.2, 0) is 11.3 Å². The lowest BCUT2D eigenvalue weighted by atomic mass is 9.88. The summed E-state index contributed by atoms with van der Waals surface area (Å²) in [7, 11) is 0. The van der Waals surface area contributed by atoms with Crippen molar-refractivity contribution in [3.8, 4) is 11.5 Å². The van der Waals surface area contributed by atoms with Crippen molar-refractivity contribution in [3.05, 3.63) is 132 Å². The summed E-state index contributed by atoms with van der Waals surface area (Å²) in [5.74, 6) is 1.42. The number of hydrogen-bond acceptors (Lipinski definition) is 2. The molecule has 5 aromatic rings. The molecule has 0 aliphatic rings. The van der Waals surface area contributed by atoms with Crippen LogP contribution in [-0.4, -0.2) is 10.9 Å². The van der Waals surface area contributed by atoms with Crippen LogP contribution < -0.4 is 10.1 Å². The number of hydrogen-bond donors (Lipinski definition) is 2. The number of nitrogens with one attached hydrogen (secondary N) is 2. The summed E-state index contributed by atoms with van der Waals surface area (Å²) >= 11 is 0. The highest BCUT2D eigenvalue weighted by Gasteiger charge is 2.22. The predicted octanol–water partition coefficient (Wildman–Crippen LogP) is 6.80. The fourth-order valence-electron chi connectivity index (χ4n) is 4.26. The number of aromatic amines is 1. The third kappa shape index (κ3) is 5.02. The average molecular weight is 447 g/mol. The molecule has 0 radical (unpaired) electrons. The quantitative estimate of drug-likeness (QED) is 0.275. The van der Waals surface area contributed by atoms with E-state index in [2.05, 4.69) is 28.5 Å². The van der Waals surface area contributed by atoms with Gasteiger partial charge < -0.3 is 15.0 Å². The van der Waals surface area contributed by atoms with Crippen molar-refractivity contribution >= 4 is 16.8 Å². The number of para-hydroxylation sites is 2. The van der Waals surface area contributed by atoms with E-state index in [9.17, 15) is 4.79 Å². The molecule has 4 heteroatoms. The molecular weight excluding hydrogens is 420 g/mol. The van der Waals surface area contributed by atoms with Gasteiger partial charge in [-0.15, -0.1) is 0 Å². The van der Waals surface area contributed by atoms with E-state index in [0.29, 0.717) is 13.0 Å². The molecule has 168 valence electrons. The molecule has 0 bridgehead atoms. The zero-order valence-electron chi connectivity index (χ0n) is 18.8. The smallest absolute Gasteiger partial charge is 0.221 e. The molecule has 0 spiro atoms. The lowest BCUT2D eigenvalue weighted by Crippen LogP contribution is -2.25. The summed E-state index contributed by atoms with van der Waals surface area (Å²) in [6.07, 6.45) is 2.36. The van der Waals surface area contributed by atoms with Gasteiger partial charge in [-0.25, -0.2) is 0 Å². The molecule has 1 aromatic heterocycles. The Balaban J connectivity index is 1.43. The molecule has 4 aromatic carbocycles. The van der Waals surface area contributed by atoms with Crippen LogP contribution in [0.15, 0.2) is 115 Å². The average Bonchev–Trinajstić information content (AvgIpc) is 3.31. The third-order valence-electron chi connectivity index (χ3n) is 5.96. The number of carbonyl (C=O) groups excluding carboxylic acids is 1. The second kappa shape index (κ2) is 10.1. The molecule has 0 unspecified atom stereocenters. The van der Waals surface area contributed by atoms with E-state index < -0.39 is 0 Å². The lowest BCUT2D eigenvalue weighted by Gasteiger charge is -2.18. The minimum absolute atomic E-state index is 0.00788. The van der Waals surface area contributed by atoms with Gasteiger partial charge in [-0.2, -0.15) is 0 Å². The van der Waals surface area contributed by atoms with E-state index in [1.807, 2.05) is 97.2 Å². The largest absolute Gasteiger partial charge is 0.457 e. The van der Waals surface area contributed by atoms with Gasteiger partial charge in [0.2, 0.25) is 5.91 Å². The van der Waals surface area contributed by atoms with Crippen molar-refractivity contribution in [1.82, 2.24) is 10.3 Å². The minimum atomic E-state index is -0.119. The van der Waals surface area contributed by atoms with E-state index >= 15 is 0 Å². The van der Waals surface area contributed by atoms with Crippen LogP contribution in [0.1, 0.15) is 29.0 Å². The van der Waals surface area contributed by atoms with Gasteiger partial charge in [0, 0.05) is 36.0 Å². The lowest BCUT2D eigenvalue weighted by molar-refractivity contribution is -0.121. The highest BCUT2D eigenvalue weighted by molar-refractivity contribution is 5.86. The number of fused-ring (bicyclic) bond motifs is 1. The van der Waals surface area contributed by atoms with Crippen LogP contribution in [0.5, 0.6) is 11.5 Å². The molecule has 1 heterocycles. The predicted molar refractivity (Wildman–Crippen MR) is 136 cm³/mol. The molecule has 0 aliphatic carbocycles. The van der Waals surface area contributed by atoms with E-state index in [1.54, 1.807) is 0 Å². The van der Waals surface area contributed by atoms with Crippen molar-refractivity contribution in [3.63, 3.8) is 0 Å². The van der Waals surface area contributed by atoms with Gasteiger partial charge in [-0.05, 0) is 47.0 Å². The Morgan fingerprint density at radius 2 is 1.50 bits per heavy atom. The van der Waals surface area contributed by atoms with Gasteiger partial charge in [-0.1, -0.05) is 78.9 Å². The standard InChI is InChI=1S/C30H26N2O2/c33-30(32-20-22-10-3-1-4-11-22)19-27(28-21-31-29-17-8-7-16-26(28)29)23-12-9-15-25(18-23)34-24-13-5-2-6-14-24/h1-18,21,27,31H,19-20H2,(H,32,33)/t27-/m0/s1. The maximum atomic E-state index is 13.1. The fraction of sp³-hybridized carbons (Fsp3) is 0.100. The second-order valence-corrected chi connectivity index (χ2v) is 8.30. The summed E-state index contributed by atoms with van der Waals surface area (Å²) in [6, 6.07) is 35.9. The highest BCUT2D eigenvalue weighted by atomic mass is 16.5. The summed E-state index contributed by atoms with van der Waals surface area (Å²) in [5.41, 5.74) is 4.28. The first-order chi connectivity index (χ1) is 16.8. The van der Waals surface area contributed by atoms with Crippen LogP contribution in [0.4, 0.5) is 0 Å². The number of ether oxygens (including phenoxy) is 1. The highest BCUT2D eigenvalue weighted by Crippen LogP contribution is 2.35. The minimum Gasteiger partial charge on any atom is -0.457 e. The molecule has 4 nitrogen and oxygen atoms in total. The zero-order chi connectivity index (χ0) is 23.2. The normalized spacial score (nSPS) is 11.8. The Morgan fingerprint density at radius 3 is 2.32 bits per heavy atom. The van der Waals surface area contributed by atoms with Crippen molar-refractivity contribution in [2.75, 3.05) is 0 Å². The first-order valence-corrected chi connectivity index (χ1v) is 11.5. The van der Waals surface area contributed by atoms with Crippen LogP contribution in [0.25, 0.3) is 10.9 Å². The van der Waals surface area contributed by atoms with Gasteiger partial charge >= 0.3 is 0 Å². The number of amides is 1. The molecule has 2 N–H and O–H groups in total. The first-order valence-electron chi connectivity index (χ1n) is 11.5. The first kappa shape index (κ1) is 21.5. The van der Waals surface area contributed by atoms with Gasteiger partial charge in [-0.3, -0.25) is 4.79 Å². The molecule has 0 aliphatic heterocycles. The Morgan fingerprint density at radius 1 is 0.794 bits per heavy atom. The van der Waals surface area contributed by atoms with Crippen LogP contribution >= 0.6 is 0 Å². The van der Waals surface area contributed by atoms with Crippen molar-refractivity contribution in [2.45, 2.75) is 18.9 Å². The molecule has 5 rings (SSSR count). The Labute approximate surface area is 199 Å². The van der Waals surface area contributed by atoms with Gasteiger partial charge in [0.1, 0.15) is 11.5 Å². The second-order valence-electron chi connectivity index (χ2n) is 8.30. The van der Waals surface area contributed by atoms with Crippen molar-refractivity contribution < 1.29 is 9.53 Å². The van der Waals surface area contributed by atoms with Crippen LogP contribution in [0.2, 0.25) is 0 Å². The number of benzene rings is 4. The van der Waals surface area contributed by atoms with Crippen LogP contribution in [0, 0.1) is 0 Å². The van der Waals surface area contributed by atoms with E-state index in [0.717, 1.165) is 39.1 Å². The maximum Gasteiger partial charge on any atom is 0.221 e. The Bertz CT molecular complexity index is 1380. The monoisotopic (exact) mass is 446 g/mol. The number of aromatic nitrogens is 1. The van der Waals surface area contributed by atoms with Crippen LogP contribution in [0.3, 0.4) is 0 Å². The zero-order valence-corrected chi connectivity index (χ0v) is 18.8. The molecule has 0 fully saturated rings. The van der Waals surface area contributed by atoms with Gasteiger partial charge in [0.05, 0.1) is 0 Å². The molecule has 1 amide bonds. The molecule has 1 atom stereocenters. The van der Waals surface area contributed by atoms with E-state index in [4.69, 9.17) is 4.74 Å². The summed E-state index contributed by atoms with van der Waals surface area (Å²) in [6.45, 7) is 0.511. The summed E-state index contributed by atoms with van der Waals surface area (Å²) < 4.78 is 6.08. The van der Waals surface area contributed by atoms with E-state index in [1.165, 1.54) is 0 Å². The molecule has 0 saturated carbocycles. The van der Waals surface area contributed by atoms with Gasteiger partial charge in [0.15, 0.2) is 0 Å². The molecule has 34 heavy (non-hydrogen) atoms. The van der Waals surface area contributed by atoms with Gasteiger partial charge in [0.25, 0.3) is 0 Å². The summed E-state index contributed by atoms with van der Waals surface area (Å²) in [4.78, 5) is 16.4. The topological polar surface area (TPSA) is 54.1 Å². The Hall–Kier alpha value is -4.31.